The fourth-order valence-corrected chi connectivity index (χ4v) is 8.93. The predicted molar refractivity (Wildman–Crippen MR) is 290 cm³/mol. The van der Waals surface area contributed by atoms with Gasteiger partial charge >= 0.3 is 0 Å². The first-order chi connectivity index (χ1) is 30.8. The van der Waals surface area contributed by atoms with E-state index in [1.54, 1.807) is 0 Å². The molecule has 3 aromatic rings. The molecule has 3 aromatic carbocycles. The fraction of sp³-hybridized carbons (Fsp3) is 0.700. The van der Waals surface area contributed by atoms with Gasteiger partial charge in [0, 0.05) is 11.1 Å². The van der Waals surface area contributed by atoms with E-state index in [4.69, 9.17) is 9.47 Å². The zero-order valence-electron chi connectivity index (χ0n) is 48.2. The molecule has 0 saturated carbocycles. The van der Waals surface area contributed by atoms with Crippen LogP contribution in [0.4, 0.5) is 0 Å². The molecule has 0 unspecified atom stereocenters. The number of benzene rings is 3. The maximum absolute atomic E-state index is 5.87. The summed E-state index contributed by atoms with van der Waals surface area (Å²) in [6.45, 7) is 22.8. The quantitative estimate of drug-likeness (QED) is 0.0729. The van der Waals surface area contributed by atoms with Gasteiger partial charge in [-0.15, -0.1) is 0 Å². The van der Waals surface area contributed by atoms with Crippen LogP contribution in [-0.4, -0.2) is 134 Å². The summed E-state index contributed by atoms with van der Waals surface area (Å²) < 4.78 is 15.9. The number of ether oxygens (including phenoxy) is 2. The molecule has 410 valence electrons. The Morgan fingerprint density at radius 2 is 0.771 bits per heavy atom. The van der Waals surface area contributed by atoms with Crippen LogP contribution in [0, 0.1) is 5.41 Å². The molecule has 0 bridgehead atoms. The summed E-state index contributed by atoms with van der Waals surface area (Å²) in [6.07, 6.45) is 20.9. The lowest BCUT2D eigenvalue weighted by atomic mass is 9.72. The number of rotatable bonds is 31. The zero-order chi connectivity index (χ0) is 49.6. The molecule has 0 radical (unpaired) electrons. The van der Waals surface area contributed by atoms with Crippen molar-refractivity contribution in [1.29, 1.82) is 0 Å². The lowest BCUT2D eigenvalue weighted by Gasteiger charge is -2.33. The second-order valence-corrected chi connectivity index (χ2v) is 24.8. The van der Waals surface area contributed by atoms with E-state index >= 15 is 0 Å². The standard InChI is InChI=1S/C27H42NO2.C21H38N.C12H30N2.4ClH/c1-26(2,3)22-27(4,5)24-13-15-25(16-14-24)30-20-19-29-18-17-28(6,7)21-23-11-9-8-10-12-23;1-4-5-6-7-8-9-10-11-12-16-19-22(2,3)20-21-17-14-13-15-18-21;1-13(2,3)11-9-7-8-10-12-14(4,5)6;;;;/h8-16H,17-22H2,1-7H3;13-15,17-18H,4-12,16,19-20H2,1-3H3;7-12H2,1-6H3;4*1H/q2*+1;+2;;;;/p-4. The third-order valence-corrected chi connectivity index (χ3v) is 12.4. The molecule has 0 aliphatic rings. The van der Waals surface area contributed by atoms with Gasteiger partial charge in [0.2, 0.25) is 0 Å². The number of hydrogen-bond donors (Lipinski definition) is 0. The van der Waals surface area contributed by atoms with Gasteiger partial charge in [-0.3, -0.25) is 0 Å². The molecule has 0 fully saturated rings. The Kier molecular flexibility index (Phi) is 42.6. The number of nitrogens with zero attached hydrogens (tertiary/aromatic N) is 4. The van der Waals surface area contributed by atoms with Crippen molar-refractivity contribution in [2.45, 2.75) is 156 Å². The lowest BCUT2D eigenvalue weighted by Crippen LogP contribution is -3.00. The van der Waals surface area contributed by atoms with Crippen LogP contribution in [0.2, 0.25) is 0 Å². The van der Waals surface area contributed by atoms with Crippen LogP contribution in [0.25, 0.3) is 0 Å². The van der Waals surface area contributed by atoms with Gasteiger partial charge in [0.15, 0.2) is 0 Å². The number of halogens is 4. The molecule has 0 amide bonds. The van der Waals surface area contributed by atoms with Crippen molar-refractivity contribution < 1.29 is 77.0 Å². The van der Waals surface area contributed by atoms with Crippen LogP contribution in [0.5, 0.6) is 5.75 Å². The van der Waals surface area contributed by atoms with Gasteiger partial charge < -0.3 is 77.0 Å². The molecule has 0 aliphatic carbocycles. The number of unbranched alkanes of at least 4 members (excludes halogenated alkanes) is 12. The van der Waals surface area contributed by atoms with Crippen LogP contribution in [0.1, 0.15) is 155 Å². The van der Waals surface area contributed by atoms with E-state index < -0.39 is 0 Å². The zero-order valence-corrected chi connectivity index (χ0v) is 51.2. The molecule has 0 atom stereocenters. The lowest BCUT2D eigenvalue weighted by molar-refractivity contribution is -0.904. The van der Waals surface area contributed by atoms with E-state index in [9.17, 15) is 0 Å². The van der Waals surface area contributed by atoms with E-state index in [0.29, 0.717) is 18.6 Å². The van der Waals surface area contributed by atoms with Crippen molar-refractivity contribution in [1.82, 2.24) is 0 Å². The van der Waals surface area contributed by atoms with Crippen LogP contribution < -0.4 is 54.4 Å². The Hall–Kier alpha value is -1.58. The SMILES string of the molecule is CC(C)(C)CC(C)(C)c1ccc(OCCOCC[N+](C)(C)Cc2ccccc2)cc1.CCCCCCCCCCCC[N+](C)(C)Cc1ccccc1.C[N+](C)(C)CCCCCC[N+](C)(C)C.[Cl-].[Cl-].[Cl-].[Cl-]. The summed E-state index contributed by atoms with van der Waals surface area (Å²) >= 11 is 0. The van der Waals surface area contributed by atoms with Crippen LogP contribution in [-0.2, 0) is 23.2 Å². The molecular weight excluding hydrogens is 950 g/mol. The molecule has 0 aromatic heterocycles. The Balaban J connectivity index is -0.000000484. The average Bonchev–Trinajstić information content (AvgIpc) is 3.20. The maximum atomic E-state index is 5.87. The summed E-state index contributed by atoms with van der Waals surface area (Å²) in [4.78, 5) is 0. The van der Waals surface area contributed by atoms with Gasteiger partial charge in [-0.2, -0.15) is 0 Å². The highest BCUT2D eigenvalue weighted by atomic mass is 35.5. The Morgan fingerprint density at radius 3 is 1.16 bits per heavy atom. The van der Waals surface area contributed by atoms with Crippen molar-refractivity contribution in [3.05, 3.63) is 102 Å². The molecule has 70 heavy (non-hydrogen) atoms. The summed E-state index contributed by atoms with van der Waals surface area (Å²) in [5.41, 5.74) is 4.65. The molecule has 0 spiro atoms. The van der Waals surface area contributed by atoms with Crippen molar-refractivity contribution in [3.8, 4) is 5.75 Å². The smallest absolute Gasteiger partial charge is 0.119 e. The van der Waals surface area contributed by atoms with Gasteiger partial charge in [-0.25, -0.2) is 0 Å². The first kappa shape index (κ1) is 74.9. The number of likely N-dealkylation sites (N-methyl/N-ethyl adjacent to an activating group) is 1. The molecular formula is C60H110Cl4N4O2. The number of hydrogen-bond acceptors (Lipinski definition) is 2. The van der Waals surface area contributed by atoms with Crippen LogP contribution >= 0.6 is 0 Å². The van der Waals surface area contributed by atoms with E-state index in [-0.39, 0.29) is 55.0 Å². The summed E-state index contributed by atoms with van der Waals surface area (Å²) in [5.74, 6) is 0.911. The second-order valence-electron chi connectivity index (χ2n) is 24.8. The molecule has 0 aliphatic heterocycles. The second kappa shape index (κ2) is 39.8. The minimum atomic E-state index is 0. The van der Waals surface area contributed by atoms with Crippen LogP contribution in [0.3, 0.4) is 0 Å². The van der Waals surface area contributed by atoms with Gasteiger partial charge in [0.25, 0.3) is 0 Å². The highest BCUT2D eigenvalue weighted by molar-refractivity contribution is 5.31. The summed E-state index contributed by atoms with van der Waals surface area (Å²) in [6, 6.07) is 30.1. The summed E-state index contributed by atoms with van der Waals surface area (Å²) in [7, 11) is 22.8. The van der Waals surface area contributed by atoms with Crippen LogP contribution in [0.15, 0.2) is 84.9 Å². The van der Waals surface area contributed by atoms with E-state index in [1.165, 1.54) is 126 Å². The predicted octanol–water partition coefficient (Wildman–Crippen LogP) is 2.23. The minimum absolute atomic E-state index is 0. The minimum Gasteiger partial charge on any atom is -1.00 e. The Morgan fingerprint density at radius 1 is 0.400 bits per heavy atom. The molecule has 6 nitrogen and oxygen atoms in total. The van der Waals surface area contributed by atoms with Gasteiger partial charge in [0.1, 0.15) is 32.0 Å². The Labute approximate surface area is 460 Å². The fourth-order valence-electron chi connectivity index (χ4n) is 8.93. The molecule has 0 saturated heterocycles. The molecule has 3 rings (SSSR count). The van der Waals surface area contributed by atoms with E-state index in [2.05, 4.69) is 197 Å². The van der Waals surface area contributed by atoms with Gasteiger partial charge in [-0.1, -0.05) is 166 Å². The third kappa shape index (κ3) is 44.0. The van der Waals surface area contributed by atoms with E-state index in [1.807, 2.05) is 0 Å². The van der Waals surface area contributed by atoms with Crippen molar-refractivity contribution >= 4 is 0 Å². The van der Waals surface area contributed by atoms with Crippen molar-refractivity contribution in [3.63, 3.8) is 0 Å². The van der Waals surface area contributed by atoms with Gasteiger partial charge in [0.05, 0.1) is 103 Å². The maximum Gasteiger partial charge on any atom is 0.119 e. The normalized spacial score (nSPS) is 11.8. The summed E-state index contributed by atoms with van der Waals surface area (Å²) in [5, 5.41) is 0. The molecule has 0 heterocycles. The topological polar surface area (TPSA) is 18.5 Å². The highest BCUT2D eigenvalue weighted by Gasteiger charge is 2.27. The van der Waals surface area contributed by atoms with Crippen molar-refractivity contribution in [2.75, 3.05) is 116 Å². The largest absolute Gasteiger partial charge is 1.00 e. The highest BCUT2D eigenvalue weighted by Crippen LogP contribution is 2.36. The molecule has 10 heteroatoms. The first-order valence-corrected chi connectivity index (χ1v) is 26.5. The first-order valence-electron chi connectivity index (χ1n) is 26.5. The van der Waals surface area contributed by atoms with Gasteiger partial charge in [-0.05, 0) is 73.5 Å². The van der Waals surface area contributed by atoms with E-state index in [0.717, 1.165) is 56.3 Å². The van der Waals surface area contributed by atoms with Crippen molar-refractivity contribution in [2.24, 2.45) is 5.41 Å². The average molecular weight is 1060 g/mol. The molecule has 0 N–H and O–H groups in total. The third-order valence-electron chi connectivity index (χ3n) is 12.4. The number of quaternary nitrogens is 4. The monoisotopic (exact) mass is 1060 g/mol. The Bertz CT molecular complexity index is 1590.